The second-order valence-electron chi connectivity index (χ2n) is 5.05. The third-order valence-corrected chi connectivity index (χ3v) is 4.10. The molecule has 2 aromatic rings. The number of ether oxygens (including phenoxy) is 1. The molecule has 2 rings (SSSR count). The molecule has 0 aliphatic heterocycles. The minimum atomic E-state index is -0.516. The van der Waals surface area contributed by atoms with E-state index in [9.17, 15) is 5.11 Å². The summed E-state index contributed by atoms with van der Waals surface area (Å²) in [6.45, 7) is 5.48. The van der Waals surface area contributed by atoms with Crippen molar-refractivity contribution in [3.8, 4) is 0 Å². The molecule has 0 radical (unpaired) electrons. The van der Waals surface area contributed by atoms with E-state index in [1.807, 2.05) is 49.6 Å². The lowest BCUT2D eigenvalue weighted by atomic mass is 10.1. The molecule has 0 aliphatic rings. The minimum Gasteiger partial charge on any atom is -0.389 e. The summed E-state index contributed by atoms with van der Waals surface area (Å²) in [7, 11) is 0. The van der Waals surface area contributed by atoms with Gasteiger partial charge in [-0.05, 0) is 19.4 Å². The van der Waals surface area contributed by atoms with Crippen LogP contribution < -0.4 is 5.32 Å². The van der Waals surface area contributed by atoms with Crippen molar-refractivity contribution in [1.29, 1.82) is 0 Å². The smallest absolute Gasteiger partial charge is 0.107 e. The normalized spacial score (nSPS) is 14.0. The summed E-state index contributed by atoms with van der Waals surface area (Å²) in [5.41, 5.74) is 2.16. The molecule has 0 bridgehead atoms. The van der Waals surface area contributed by atoms with Gasteiger partial charge in [0.1, 0.15) is 5.01 Å². The molecule has 1 heterocycles. The van der Waals surface area contributed by atoms with Crippen molar-refractivity contribution in [1.82, 2.24) is 10.3 Å². The van der Waals surface area contributed by atoms with Crippen molar-refractivity contribution in [2.45, 2.75) is 32.6 Å². The lowest BCUT2D eigenvalue weighted by molar-refractivity contribution is -0.00212. The van der Waals surface area contributed by atoms with Crippen molar-refractivity contribution in [3.05, 3.63) is 52.0 Å². The number of aromatic nitrogens is 1. The molecule has 21 heavy (non-hydrogen) atoms. The summed E-state index contributed by atoms with van der Waals surface area (Å²) < 4.78 is 5.69. The lowest BCUT2D eigenvalue weighted by Crippen LogP contribution is -2.30. The lowest BCUT2D eigenvalue weighted by Gasteiger charge is -2.17. The number of aliphatic hydroxyl groups excluding tert-OH is 1. The van der Waals surface area contributed by atoms with Gasteiger partial charge >= 0.3 is 0 Å². The highest BCUT2D eigenvalue weighted by Gasteiger charge is 2.09. The second kappa shape index (κ2) is 8.24. The molecular weight excluding hydrogens is 284 g/mol. The fourth-order valence-corrected chi connectivity index (χ4v) is 2.71. The van der Waals surface area contributed by atoms with Gasteiger partial charge in [-0.2, -0.15) is 0 Å². The maximum Gasteiger partial charge on any atom is 0.107 e. The topological polar surface area (TPSA) is 54.4 Å². The Bertz CT molecular complexity index is 530. The molecule has 114 valence electrons. The molecule has 1 aromatic heterocycles. The third kappa shape index (κ3) is 5.55. The van der Waals surface area contributed by atoms with Crippen molar-refractivity contribution in [3.63, 3.8) is 0 Å². The van der Waals surface area contributed by atoms with Gasteiger partial charge in [-0.15, -0.1) is 11.3 Å². The Labute approximate surface area is 129 Å². The number of benzene rings is 1. The van der Waals surface area contributed by atoms with E-state index in [0.717, 1.165) is 16.3 Å². The first-order chi connectivity index (χ1) is 10.1. The summed E-state index contributed by atoms with van der Waals surface area (Å²) in [5.74, 6) is 0. The molecule has 5 heteroatoms. The zero-order valence-corrected chi connectivity index (χ0v) is 13.3. The van der Waals surface area contributed by atoms with E-state index in [-0.39, 0.29) is 6.10 Å². The average molecular weight is 306 g/mol. The predicted molar refractivity (Wildman–Crippen MR) is 85.4 cm³/mol. The number of hydrogen-bond donors (Lipinski definition) is 2. The summed E-state index contributed by atoms with van der Waals surface area (Å²) in [5, 5.41) is 16.2. The number of nitrogens with one attached hydrogen (secondary N) is 1. The third-order valence-electron chi connectivity index (χ3n) is 3.13. The number of nitrogens with zero attached hydrogens (tertiary/aromatic N) is 1. The van der Waals surface area contributed by atoms with Gasteiger partial charge < -0.3 is 15.2 Å². The Morgan fingerprint density at radius 3 is 2.76 bits per heavy atom. The summed E-state index contributed by atoms with van der Waals surface area (Å²) in [4.78, 5) is 4.36. The SMILES string of the molecule is Cc1csc(CNCC(O)COC(C)c2ccccc2)n1. The number of aryl methyl sites for hydroxylation is 1. The van der Waals surface area contributed by atoms with Crippen molar-refractivity contribution < 1.29 is 9.84 Å². The number of hydrogen-bond acceptors (Lipinski definition) is 5. The van der Waals surface area contributed by atoms with Gasteiger partial charge in [-0.25, -0.2) is 4.98 Å². The largest absolute Gasteiger partial charge is 0.389 e. The van der Waals surface area contributed by atoms with Crippen LogP contribution >= 0.6 is 11.3 Å². The quantitative estimate of drug-likeness (QED) is 0.787. The van der Waals surface area contributed by atoms with Crippen LogP contribution in [0.1, 0.15) is 29.3 Å². The molecule has 0 saturated carbocycles. The molecule has 2 N–H and O–H groups in total. The fraction of sp³-hybridized carbons (Fsp3) is 0.438. The van der Waals surface area contributed by atoms with Crippen LogP contribution in [0.5, 0.6) is 0 Å². The van der Waals surface area contributed by atoms with Gasteiger partial charge in [0.25, 0.3) is 0 Å². The van der Waals surface area contributed by atoms with Crippen LogP contribution in [0.3, 0.4) is 0 Å². The van der Waals surface area contributed by atoms with E-state index in [1.54, 1.807) is 11.3 Å². The highest BCUT2D eigenvalue weighted by Crippen LogP contribution is 2.15. The zero-order valence-electron chi connectivity index (χ0n) is 12.5. The monoisotopic (exact) mass is 306 g/mol. The Balaban J connectivity index is 1.64. The van der Waals surface area contributed by atoms with Crippen molar-refractivity contribution in [2.75, 3.05) is 13.2 Å². The Morgan fingerprint density at radius 1 is 1.33 bits per heavy atom. The van der Waals surface area contributed by atoms with Crippen molar-refractivity contribution in [2.24, 2.45) is 0 Å². The highest BCUT2D eigenvalue weighted by atomic mass is 32.1. The second-order valence-corrected chi connectivity index (χ2v) is 6.00. The molecular formula is C16H22N2O2S. The average Bonchev–Trinajstić information content (AvgIpc) is 2.91. The molecule has 0 fully saturated rings. The van der Waals surface area contributed by atoms with Crippen LogP contribution in [-0.4, -0.2) is 29.3 Å². The van der Waals surface area contributed by atoms with Crippen LogP contribution in [0.15, 0.2) is 35.7 Å². The summed E-state index contributed by atoms with van der Waals surface area (Å²) in [6.07, 6.45) is -0.528. The molecule has 4 nitrogen and oxygen atoms in total. The standard InChI is InChI=1S/C16H22N2O2S/c1-12-11-21-16(18-12)9-17-8-15(19)10-20-13(2)14-6-4-3-5-7-14/h3-7,11,13,15,17,19H,8-10H2,1-2H3. The predicted octanol–water partition coefficient (Wildman–Crippen LogP) is 2.68. The number of rotatable bonds is 8. The molecule has 0 amide bonds. The molecule has 1 aromatic carbocycles. The van der Waals surface area contributed by atoms with E-state index in [0.29, 0.717) is 19.7 Å². The Kier molecular flexibility index (Phi) is 6.32. The van der Waals surface area contributed by atoms with E-state index in [4.69, 9.17) is 4.74 Å². The van der Waals surface area contributed by atoms with Gasteiger partial charge in [0.2, 0.25) is 0 Å². The maximum atomic E-state index is 9.92. The molecule has 0 aliphatic carbocycles. The first-order valence-corrected chi connectivity index (χ1v) is 7.99. The van der Waals surface area contributed by atoms with Gasteiger partial charge in [-0.1, -0.05) is 30.3 Å². The van der Waals surface area contributed by atoms with Crippen LogP contribution in [0.25, 0.3) is 0 Å². The van der Waals surface area contributed by atoms with Gasteiger partial charge in [0.15, 0.2) is 0 Å². The molecule has 0 spiro atoms. The van der Waals surface area contributed by atoms with Gasteiger partial charge in [0, 0.05) is 24.2 Å². The van der Waals surface area contributed by atoms with Crippen LogP contribution in [0.4, 0.5) is 0 Å². The highest BCUT2D eigenvalue weighted by molar-refractivity contribution is 7.09. The fourth-order valence-electron chi connectivity index (χ4n) is 1.96. The van der Waals surface area contributed by atoms with E-state index < -0.39 is 6.10 Å². The maximum absolute atomic E-state index is 9.92. The first-order valence-electron chi connectivity index (χ1n) is 7.11. The minimum absolute atomic E-state index is 0.0116. The van der Waals surface area contributed by atoms with Gasteiger partial charge in [-0.3, -0.25) is 0 Å². The first kappa shape index (κ1) is 16.1. The Morgan fingerprint density at radius 2 is 2.10 bits per heavy atom. The number of thiazole rings is 1. The molecule has 2 atom stereocenters. The summed E-state index contributed by atoms with van der Waals surface area (Å²) >= 11 is 1.63. The van der Waals surface area contributed by atoms with Crippen LogP contribution in [-0.2, 0) is 11.3 Å². The van der Waals surface area contributed by atoms with E-state index in [2.05, 4.69) is 10.3 Å². The van der Waals surface area contributed by atoms with E-state index >= 15 is 0 Å². The Hall–Kier alpha value is -1.27. The van der Waals surface area contributed by atoms with Crippen LogP contribution in [0.2, 0.25) is 0 Å². The molecule has 0 saturated heterocycles. The number of aliphatic hydroxyl groups is 1. The summed E-state index contributed by atoms with van der Waals surface area (Å²) in [6, 6.07) is 10.0. The molecule has 2 unspecified atom stereocenters. The zero-order chi connectivity index (χ0) is 15.1. The van der Waals surface area contributed by atoms with E-state index in [1.165, 1.54) is 0 Å². The van der Waals surface area contributed by atoms with Gasteiger partial charge in [0.05, 0.1) is 18.8 Å². The van der Waals surface area contributed by atoms with Crippen LogP contribution in [0, 0.1) is 6.92 Å². The van der Waals surface area contributed by atoms with Crippen molar-refractivity contribution >= 4 is 11.3 Å².